The fourth-order valence-corrected chi connectivity index (χ4v) is 4.58. The lowest BCUT2D eigenvalue weighted by Gasteiger charge is -2.20. The zero-order chi connectivity index (χ0) is 11.5. The van der Waals surface area contributed by atoms with Gasteiger partial charge in [-0.3, -0.25) is 4.79 Å². The van der Waals surface area contributed by atoms with Gasteiger partial charge >= 0.3 is 0 Å². The van der Waals surface area contributed by atoms with Crippen LogP contribution in [0.25, 0.3) is 0 Å². The second kappa shape index (κ2) is 5.28. The summed E-state index contributed by atoms with van der Waals surface area (Å²) in [7, 11) is 0. The standard InChI is InChI=1S/C13H16OS2/c1-9-5-10(2)7-11(6-9)13(14)12-8-15-3-4-16-12/h5-7,12H,3-4,8H2,1-2H3. The van der Waals surface area contributed by atoms with Crippen LogP contribution in [-0.4, -0.2) is 28.3 Å². The Hall–Kier alpha value is -0.410. The Balaban J connectivity index is 2.19. The summed E-state index contributed by atoms with van der Waals surface area (Å²) in [6.07, 6.45) is 0. The molecule has 1 unspecified atom stereocenters. The minimum Gasteiger partial charge on any atom is -0.293 e. The second-order valence-corrected chi connectivity index (χ2v) is 6.64. The molecule has 0 saturated carbocycles. The van der Waals surface area contributed by atoms with Crippen LogP contribution in [0, 0.1) is 13.8 Å². The average molecular weight is 252 g/mol. The molecule has 1 aliphatic rings. The molecule has 1 aromatic carbocycles. The Labute approximate surface area is 105 Å². The molecule has 1 heterocycles. The van der Waals surface area contributed by atoms with Gasteiger partial charge in [-0.15, -0.1) is 11.8 Å². The van der Waals surface area contributed by atoms with Crippen LogP contribution in [0.2, 0.25) is 0 Å². The first-order chi connectivity index (χ1) is 7.66. The average Bonchev–Trinajstić information content (AvgIpc) is 2.28. The van der Waals surface area contributed by atoms with E-state index in [1.165, 1.54) is 16.9 Å². The van der Waals surface area contributed by atoms with Crippen LogP contribution in [0.15, 0.2) is 18.2 Å². The number of benzene rings is 1. The van der Waals surface area contributed by atoms with Gasteiger partial charge in [-0.2, -0.15) is 11.8 Å². The summed E-state index contributed by atoms with van der Waals surface area (Å²) in [4.78, 5) is 12.3. The van der Waals surface area contributed by atoms with E-state index in [0.717, 1.165) is 17.1 Å². The Kier molecular flexibility index (Phi) is 3.98. The third kappa shape index (κ3) is 2.83. The lowest BCUT2D eigenvalue weighted by Crippen LogP contribution is -2.24. The minimum atomic E-state index is 0.167. The molecule has 1 nitrogen and oxygen atoms in total. The fraction of sp³-hybridized carbons (Fsp3) is 0.462. The maximum Gasteiger partial charge on any atom is 0.176 e. The predicted molar refractivity (Wildman–Crippen MR) is 73.8 cm³/mol. The monoisotopic (exact) mass is 252 g/mol. The highest BCUT2D eigenvalue weighted by Crippen LogP contribution is 2.27. The van der Waals surface area contributed by atoms with E-state index in [4.69, 9.17) is 0 Å². The van der Waals surface area contributed by atoms with Crippen molar-refractivity contribution in [3.05, 3.63) is 34.9 Å². The maximum atomic E-state index is 12.3. The van der Waals surface area contributed by atoms with Crippen molar-refractivity contribution < 1.29 is 4.79 Å². The fourth-order valence-electron chi connectivity index (χ4n) is 1.94. The first-order valence-electron chi connectivity index (χ1n) is 5.48. The van der Waals surface area contributed by atoms with Crippen LogP contribution < -0.4 is 0 Å². The largest absolute Gasteiger partial charge is 0.293 e. The van der Waals surface area contributed by atoms with Crippen molar-refractivity contribution in [2.75, 3.05) is 17.3 Å². The molecule has 2 rings (SSSR count). The van der Waals surface area contributed by atoms with Crippen LogP contribution in [0.4, 0.5) is 0 Å². The zero-order valence-corrected chi connectivity index (χ0v) is 11.3. The van der Waals surface area contributed by atoms with Gasteiger partial charge < -0.3 is 0 Å². The van der Waals surface area contributed by atoms with Crippen LogP contribution >= 0.6 is 23.5 Å². The van der Waals surface area contributed by atoms with Gasteiger partial charge in [0.2, 0.25) is 0 Å². The summed E-state index contributed by atoms with van der Waals surface area (Å²) in [5, 5.41) is 0.167. The molecule has 1 aliphatic heterocycles. The number of hydrogen-bond acceptors (Lipinski definition) is 3. The molecule has 0 bridgehead atoms. The molecular weight excluding hydrogens is 236 g/mol. The number of ketones is 1. The van der Waals surface area contributed by atoms with Crippen LogP contribution in [0.3, 0.4) is 0 Å². The van der Waals surface area contributed by atoms with Crippen molar-refractivity contribution in [3.63, 3.8) is 0 Å². The van der Waals surface area contributed by atoms with Gasteiger partial charge in [-0.1, -0.05) is 17.2 Å². The van der Waals surface area contributed by atoms with E-state index < -0.39 is 0 Å². The molecule has 1 atom stereocenters. The normalized spacial score (nSPS) is 20.8. The molecule has 1 saturated heterocycles. The SMILES string of the molecule is Cc1cc(C)cc(C(=O)C2CSCCS2)c1. The number of thioether (sulfide) groups is 2. The number of hydrogen-bond donors (Lipinski definition) is 0. The number of aryl methyl sites for hydroxylation is 2. The van der Waals surface area contributed by atoms with Crippen LogP contribution in [-0.2, 0) is 0 Å². The molecule has 0 aliphatic carbocycles. The van der Waals surface area contributed by atoms with E-state index in [9.17, 15) is 4.79 Å². The first-order valence-corrected chi connectivity index (χ1v) is 7.69. The van der Waals surface area contributed by atoms with Crippen molar-refractivity contribution in [1.29, 1.82) is 0 Å². The van der Waals surface area contributed by atoms with E-state index in [1.54, 1.807) is 0 Å². The second-order valence-electron chi connectivity index (χ2n) is 4.17. The van der Waals surface area contributed by atoms with Crippen LogP contribution in [0.1, 0.15) is 21.5 Å². The maximum absolute atomic E-state index is 12.3. The summed E-state index contributed by atoms with van der Waals surface area (Å²) >= 11 is 3.70. The predicted octanol–water partition coefficient (Wildman–Crippen LogP) is 3.33. The lowest BCUT2D eigenvalue weighted by molar-refractivity contribution is 0.0995. The molecule has 3 heteroatoms. The van der Waals surface area contributed by atoms with Gasteiger partial charge in [0.15, 0.2) is 5.78 Å². The smallest absolute Gasteiger partial charge is 0.176 e. The molecule has 0 N–H and O–H groups in total. The molecule has 0 amide bonds. The molecule has 86 valence electrons. The summed E-state index contributed by atoms with van der Waals surface area (Å²) in [5.74, 6) is 3.56. The van der Waals surface area contributed by atoms with Gasteiger partial charge in [0, 0.05) is 22.8 Å². The quantitative estimate of drug-likeness (QED) is 0.752. The van der Waals surface area contributed by atoms with Gasteiger partial charge in [-0.25, -0.2) is 0 Å². The zero-order valence-electron chi connectivity index (χ0n) is 9.66. The lowest BCUT2D eigenvalue weighted by atomic mass is 10.0. The molecule has 1 aromatic rings. The highest BCUT2D eigenvalue weighted by atomic mass is 32.2. The first kappa shape index (κ1) is 12.1. The van der Waals surface area contributed by atoms with Gasteiger partial charge in [0.25, 0.3) is 0 Å². The van der Waals surface area contributed by atoms with E-state index in [0.29, 0.717) is 5.78 Å². The van der Waals surface area contributed by atoms with Crippen molar-refractivity contribution in [1.82, 2.24) is 0 Å². The van der Waals surface area contributed by atoms with Crippen molar-refractivity contribution in [3.8, 4) is 0 Å². The Morgan fingerprint density at radius 3 is 2.44 bits per heavy atom. The molecular formula is C13H16OS2. The van der Waals surface area contributed by atoms with E-state index in [2.05, 4.69) is 6.07 Å². The summed E-state index contributed by atoms with van der Waals surface area (Å²) in [6.45, 7) is 4.10. The van der Waals surface area contributed by atoms with Crippen LogP contribution in [0.5, 0.6) is 0 Å². The number of rotatable bonds is 2. The van der Waals surface area contributed by atoms with E-state index in [-0.39, 0.29) is 5.25 Å². The van der Waals surface area contributed by atoms with Crippen molar-refractivity contribution >= 4 is 29.3 Å². The molecule has 0 spiro atoms. The van der Waals surface area contributed by atoms with Crippen molar-refractivity contribution in [2.24, 2.45) is 0 Å². The number of carbonyl (C=O) groups excluding carboxylic acids is 1. The highest BCUT2D eigenvalue weighted by molar-refractivity contribution is 8.07. The summed E-state index contributed by atoms with van der Waals surface area (Å²) in [5.41, 5.74) is 3.24. The number of carbonyl (C=O) groups is 1. The molecule has 0 aromatic heterocycles. The Morgan fingerprint density at radius 1 is 1.19 bits per heavy atom. The molecule has 0 radical (unpaired) electrons. The molecule has 1 fully saturated rings. The van der Waals surface area contributed by atoms with Crippen molar-refractivity contribution in [2.45, 2.75) is 19.1 Å². The van der Waals surface area contributed by atoms with Gasteiger partial charge in [0.1, 0.15) is 0 Å². The summed E-state index contributed by atoms with van der Waals surface area (Å²) in [6, 6.07) is 6.13. The summed E-state index contributed by atoms with van der Waals surface area (Å²) < 4.78 is 0. The third-order valence-electron chi connectivity index (χ3n) is 2.61. The highest BCUT2D eigenvalue weighted by Gasteiger charge is 2.23. The van der Waals surface area contributed by atoms with E-state index >= 15 is 0 Å². The van der Waals surface area contributed by atoms with Gasteiger partial charge in [-0.05, 0) is 26.0 Å². The van der Waals surface area contributed by atoms with E-state index in [1.807, 2.05) is 49.5 Å². The number of Topliss-reactive ketones (excluding diaryl/α,β-unsaturated/α-hetero) is 1. The Morgan fingerprint density at radius 2 is 1.88 bits per heavy atom. The topological polar surface area (TPSA) is 17.1 Å². The minimum absolute atomic E-state index is 0.167. The third-order valence-corrected chi connectivity index (χ3v) is 5.37. The molecule has 16 heavy (non-hydrogen) atoms. The van der Waals surface area contributed by atoms with Gasteiger partial charge in [0.05, 0.1) is 5.25 Å². The Bertz CT molecular complexity index is 375.